The third-order valence-electron chi connectivity index (χ3n) is 7.64. The van der Waals surface area contributed by atoms with Gasteiger partial charge in [-0.15, -0.1) is 0 Å². The van der Waals surface area contributed by atoms with Gasteiger partial charge in [-0.25, -0.2) is 4.39 Å². The molecular formula is C31H31F4NO5. The number of methoxy groups -OCH3 is 2. The van der Waals surface area contributed by atoms with E-state index in [0.717, 1.165) is 0 Å². The molecule has 1 aliphatic heterocycles. The highest BCUT2D eigenvalue weighted by Gasteiger charge is 2.48. The van der Waals surface area contributed by atoms with Gasteiger partial charge in [0.1, 0.15) is 17.3 Å². The highest BCUT2D eigenvalue weighted by atomic mass is 19.4. The van der Waals surface area contributed by atoms with Crippen LogP contribution in [0.25, 0.3) is 0 Å². The molecule has 0 aliphatic carbocycles. The Labute approximate surface area is 235 Å². The van der Waals surface area contributed by atoms with Crippen LogP contribution in [0, 0.1) is 24.6 Å². The standard InChI is InChI=1S/C31H31F4NO5/c1-18-23(11-6-12-26(18)32)28-24(29(38)19-7-4-9-21(13-19)40-2)15-36(17-27(37)31(33,34)35)16-25(28)30(39)20-8-5-10-22(14-20)41-3/h4-14,24-25,27-28,37H,15-17H2,1-3H3/t24-,25-,27?/m0/s1. The van der Waals surface area contributed by atoms with Crippen LogP contribution in [0.2, 0.25) is 0 Å². The van der Waals surface area contributed by atoms with Crippen LogP contribution in [-0.4, -0.2) is 67.7 Å². The zero-order valence-corrected chi connectivity index (χ0v) is 22.8. The Balaban J connectivity index is 1.87. The van der Waals surface area contributed by atoms with Crippen molar-refractivity contribution in [2.75, 3.05) is 33.9 Å². The van der Waals surface area contributed by atoms with Crippen LogP contribution in [0.15, 0.2) is 66.7 Å². The first-order valence-corrected chi connectivity index (χ1v) is 13.0. The highest BCUT2D eigenvalue weighted by Crippen LogP contribution is 2.43. The van der Waals surface area contributed by atoms with E-state index in [-0.39, 0.29) is 29.8 Å². The molecule has 1 fully saturated rings. The number of Topliss-reactive ketones (excluding diaryl/α,β-unsaturated/α-hetero) is 2. The third-order valence-corrected chi connectivity index (χ3v) is 7.64. The molecule has 3 aromatic rings. The maximum absolute atomic E-state index is 14.8. The van der Waals surface area contributed by atoms with E-state index < -0.39 is 54.0 Å². The first kappa shape index (κ1) is 30.2. The van der Waals surface area contributed by atoms with Crippen molar-refractivity contribution < 1.29 is 41.7 Å². The van der Waals surface area contributed by atoms with Gasteiger partial charge in [0.05, 0.1) is 14.2 Å². The van der Waals surface area contributed by atoms with Crippen molar-refractivity contribution in [2.24, 2.45) is 11.8 Å². The van der Waals surface area contributed by atoms with E-state index in [1.54, 1.807) is 49.4 Å². The van der Waals surface area contributed by atoms with Crippen molar-refractivity contribution in [3.05, 3.63) is 94.8 Å². The molecular weight excluding hydrogens is 542 g/mol. The number of alkyl halides is 3. The Hall–Kier alpha value is -3.76. The van der Waals surface area contributed by atoms with E-state index in [0.29, 0.717) is 17.1 Å². The first-order chi connectivity index (χ1) is 19.4. The molecule has 0 aromatic heterocycles. The van der Waals surface area contributed by atoms with Gasteiger partial charge in [0.15, 0.2) is 17.7 Å². The van der Waals surface area contributed by atoms with E-state index in [9.17, 15) is 32.3 Å². The summed E-state index contributed by atoms with van der Waals surface area (Å²) in [5.74, 6) is -3.57. The SMILES string of the molecule is COc1cccc(C(=O)[C@H]2CN(CC(O)C(F)(F)F)C[C@H](C(=O)c3cccc(OC)c3)C2c2cccc(F)c2C)c1. The number of hydrogen-bond acceptors (Lipinski definition) is 6. The fourth-order valence-electron chi connectivity index (χ4n) is 5.53. The van der Waals surface area contributed by atoms with Crippen molar-refractivity contribution in [1.29, 1.82) is 0 Å². The lowest BCUT2D eigenvalue weighted by Crippen LogP contribution is -2.53. The summed E-state index contributed by atoms with van der Waals surface area (Å²) < 4.78 is 65.5. The summed E-state index contributed by atoms with van der Waals surface area (Å²) in [6, 6.07) is 17.1. The molecule has 1 heterocycles. The van der Waals surface area contributed by atoms with Gasteiger partial charge >= 0.3 is 6.18 Å². The van der Waals surface area contributed by atoms with Crippen LogP contribution in [-0.2, 0) is 0 Å². The molecule has 0 amide bonds. The molecule has 3 aromatic carbocycles. The van der Waals surface area contributed by atoms with Crippen LogP contribution < -0.4 is 9.47 Å². The van der Waals surface area contributed by atoms with Gasteiger partial charge in [-0.05, 0) is 48.4 Å². The van der Waals surface area contributed by atoms with Crippen LogP contribution >= 0.6 is 0 Å². The molecule has 3 atom stereocenters. The largest absolute Gasteiger partial charge is 0.497 e. The van der Waals surface area contributed by atoms with Gasteiger partial charge < -0.3 is 14.6 Å². The smallest absolute Gasteiger partial charge is 0.415 e. The van der Waals surface area contributed by atoms with Gasteiger partial charge in [-0.1, -0.05) is 36.4 Å². The third kappa shape index (κ3) is 6.60. The maximum atomic E-state index is 14.8. The number of β-amino-alcohol motifs (C(OH)–C–C–N with tert-alkyl or cyclic N) is 1. The zero-order chi connectivity index (χ0) is 29.9. The molecule has 0 bridgehead atoms. The molecule has 6 nitrogen and oxygen atoms in total. The lowest BCUT2D eigenvalue weighted by Gasteiger charge is -2.44. The monoisotopic (exact) mass is 573 g/mol. The fraction of sp³-hybridized carbons (Fsp3) is 0.355. The molecule has 1 aliphatic rings. The Morgan fingerprint density at radius 3 is 1.85 bits per heavy atom. The molecule has 1 unspecified atom stereocenters. The summed E-state index contributed by atoms with van der Waals surface area (Å²) in [4.78, 5) is 29.5. The van der Waals surface area contributed by atoms with Crippen LogP contribution in [0.3, 0.4) is 0 Å². The lowest BCUT2D eigenvalue weighted by atomic mass is 9.67. The van der Waals surface area contributed by atoms with Crippen molar-refractivity contribution >= 4 is 11.6 Å². The second-order valence-electron chi connectivity index (χ2n) is 10.2. The number of carbonyl (C=O) groups is 2. The van der Waals surface area contributed by atoms with E-state index in [2.05, 4.69) is 0 Å². The fourth-order valence-corrected chi connectivity index (χ4v) is 5.53. The number of rotatable bonds is 9. The molecule has 1 N–H and O–H groups in total. The Morgan fingerprint density at radius 2 is 1.39 bits per heavy atom. The van der Waals surface area contributed by atoms with Crippen LogP contribution in [0.4, 0.5) is 17.6 Å². The summed E-state index contributed by atoms with van der Waals surface area (Å²) in [7, 11) is 2.87. The number of ketones is 2. The van der Waals surface area contributed by atoms with E-state index in [4.69, 9.17) is 9.47 Å². The number of carbonyl (C=O) groups excluding carboxylic acids is 2. The van der Waals surface area contributed by atoms with Gasteiger partial charge in [0.2, 0.25) is 0 Å². The summed E-state index contributed by atoms with van der Waals surface area (Å²) in [5, 5.41) is 9.90. The maximum Gasteiger partial charge on any atom is 0.415 e. The topological polar surface area (TPSA) is 76.1 Å². The number of aliphatic hydroxyl groups excluding tert-OH is 1. The molecule has 0 saturated carbocycles. The van der Waals surface area contributed by atoms with Gasteiger partial charge in [-0.3, -0.25) is 14.5 Å². The molecule has 218 valence electrons. The number of halogens is 4. The average Bonchev–Trinajstić information content (AvgIpc) is 2.97. The molecule has 1 saturated heterocycles. The minimum absolute atomic E-state index is 0.189. The molecule has 10 heteroatoms. The summed E-state index contributed by atoms with van der Waals surface area (Å²) in [5.41, 5.74) is 1.13. The number of hydrogen-bond donors (Lipinski definition) is 1. The van der Waals surface area contributed by atoms with E-state index in [1.807, 2.05) is 0 Å². The summed E-state index contributed by atoms with van der Waals surface area (Å²) in [6.45, 7) is 0.337. The summed E-state index contributed by atoms with van der Waals surface area (Å²) in [6.07, 6.45) is -7.58. The predicted octanol–water partition coefficient (Wildman–Crippen LogP) is 5.47. The van der Waals surface area contributed by atoms with Crippen molar-refractivity contribution in [3.8, 4) is 11.5 Å². The average molecular weight is 574 g/mol. The van der Waals surface area contributed by atoms with Gasteiger partial charge in [0.25, 0.3) is 0 Å². The Morgan fingerprint density at radius 1 is 0.902 bits per heavy atom. The normalized spacial score (nSPS) is 19.0. The van der Waals surface area contributed by atoms with Crippen molar-refractivity contribution in [3.63, 3.8) is 0 Å². The second kappa shape index (κ2) is 12.4. The second-order valence-corrected chi connectivity index (χ2v) is 10.2. The van der Waals surface area contributed by atoms with E-state index in [1.165, 1.54) is 43.4 Å². The Bertz CT molecular complexity index is 1340. The number of piperidine rings is 1. The quantitative estimate of drug-likeness (QED) is 0.270. The molecule has 0 radical (unpaired) electrons. The lowest BCUT2D eigenvalue weighted by molar-refractivity contribution is -0.209. The number of likely N-dealkylation sites (tertiary alicyclic amines) is 1. The van der Waals surface area contributed by atoms with Crippen molar-refractivity contribution in [2.45, 2.75) is 25.1 Å². The molecule has 0 spiro atoms. The number of nitrogens with zero attached hydrogens (tertiary/aromatic N) is 1. The van der Waals surface area contributed by atoms with Crippen LogP contribution in [0.5, 0.6) is 11.5 Å². The number of ether oxygens (including phenoxy) is 2. The van der Waals surface area contributed by atoms with E-state index >= 15 is 0 Å². The Kier molecular flexibility index (Phi) is 9.14. The van der Waals surface area contributed by atoms with Gasteiger partial charge in [0, 0.05) is 48.5 Å². The first-order valence-electron chi connectivity index (χ1n) is 13.0. The highest BCUT2D eigenvalue weighted by molar-refractivity contribution is 6.02. The number of aliphatic hydroxyl groups is 1. The minimum atomic E-state index is -4.89. The summed E-state index contributed by atoms with van der Waals surface area (Å²) >= 11 is 0. The molecule has 41 heavy (non-hydrogen) atoms. The number of benzene rings is 3. The predicted molar refractivity (Wildman–Crippen MR) is 144 cm³/mol. The minimum Gasteiger partial charge on any atom is -0.497 e. The molecule has 4 rings (SSSR count). The van der Waals surface area contributed by atoms with Gasteiger partial charge in [-0.2, -0.15) is 13.2 Å². The van der Waals surface area contributed by atoms with Crippen LogP contribution in [0.1, 0.15) is 37.8 Å². The van der Waals surface area contributed by atoms with Crippen molar-refractivity contribution in [1.82, 2.24) is 4.90 Å². The zero-order valence-electron chi connectivity index (χ0n) is 22.8.